The topological polar surface area (TPSA) is 119 Å². The molecule has 0 heterocycles. The molecule has 1 aromatic rings. The average molecular weight is 286 g/mol. The minimum Gasteiger partial charge on any atom is -0.479 e. The molecule has 1 unspecified atom stereocenters. The third kappa shape index (κ3) is 3.72. The molecule has 0 fully saturated rings. The van der Waals surface area contributed by atoms with Crippen LogP contribution in [0.3, 0.4) is 0 Å². The molecule has 108 valence electrons. The monoisotopic (exact) mass is 286 g/mol. The molecule has 9 heteroatoms. The van der Waals surface area contributed by atoms with E-state index in [9.17, 15) is 24.1 Å². The van der Waals surface area contributed by atoms with Gasteiger partial charge in [0.25, 0.3) is 11.6 Å². The van der Waals surface area contributed by atoms with Crippen molar-refractivity contribution >= 4 is 17.6 Å². The van der Waals surface area contributed by atoms with Crippen LogP contribution in [0, 0.1) is 15.9 Å². The van der Waals surface area contributed by atoms with E-state index in [4.69, 9.17) is 5.11 Å². The predicted octanol–water partition coefficient (Wildman–Crippen LogP) is 0.563. The molecule has 8 nitrogen and oxygen atoms in total. The van der Waals surface area contributed by atoms with Crippen molar-refractivity contribution < 1.29 is 28.7 Å². The number of aliphatic carboxylic acids is 1. The number of methoxy groups -OCH3 is 1. The number of carboxylic acids is 1. The lowest BCUT2D eigenvalue weighted by molar-refractivity contribution is -0.385. The summed E-state index contributed by atoms with van der Waals surface area (Å²) in [6.45, 7) is -0.360. The molecule has 0 aliphatic carbocycles. The molecule has 0 bridgehead atoms. The quantitative estimate of drug-likeness (QED) is 0.582. The van der Waals surface area contributed by atoms with Crippen LogP contribution in [-0.4, -0.2) is 41.7 Å². The van der Waals surface area contributed by atoms with E-state index >= 15 is 0 Å². The van der Waals surface area contributed by atoms with E-state index < -0.39 is 40.0 Å². The highest BCUT2D eigenvalue weighted by molar-refractivity contribution is 5.95. The molecule has 0 spiro atoms. The van der Waals surface area contributed by atoms with Gasteiger partial charge in [-0.05, 0) is 6.07 Å². The van der Waals surface area contributed by atoms with Crippen LogP contribution >= 0.6 is 0 Å². The number of nitrogens with one attached hydrogen (secondary N) is 1. The minimum absolute atomic E-state index is 0.360. The van der Waals surface area contributed by atoms with E-state index in [1.807, 2.05) is 0 Å². The van der Waals surface area contributed by atoms with E-state index in [0.717, 1.165) is 19.2 Å². The molecule has 0 saturated carbocycles. The number of benzene rings is 1. The molecule has 1 rings (SSSR count). The first-order valence-corrected chi connectivity index (χ1v) is 5.34. The third-order valence-electron chi connectivity index (χ3n) is 2.42. The number of ether oxygens (including phenoxy) is 1. The lowest BCUT2D eigenvalue weighted by Gasteiger charge is -2.11. The fraction of sp³-hybridized carbons (Fsp3) is 0.273. The van der Waals surface area contributed by atoms with E-state index in [0.29, 0.717) is 6.07 Å². The Balaban J connectivity index is 2.78. The van der Waals surface area contributed by atoms with Gasteiger partial charge in [0, 0.05) is 13.2 Å². The van der Waals surface area contributed by atoms with Crippen LogP contribution in [0.25, 0.3) is 0 Å². The molecule has 1 aromatic carbocycles. The number of carbonyl (C=O) groups excluding carboxylic acids is 1. The molecule has 0 aliphatic heterocycles. The lowest BCUT2D eigenvalue weighted by atomic mass is 10.1. The van der Waals surface area contributed by atoms with Crippen molar-refractivity contribution in [1.82, 2.24) is 5.32 Å². The molecule has 1 amide bonds. The summed E-state index contributed by atoms with van der Waals surface area (Å²) in [6.07, 6.45) is -1.26. The Morgan fingerprint density at radius 3 is 2.65 bits per heavy atom. The molecule has 0 aromatic heterocycles. The van der Waals surface area contributed by atoms with Crippen molar-refractivity contribution in [1.29, 1.82) is 0 Å². The number of amides is 1. The van der Waals surface area contributed by atoms with Crippen LogP contribution in [0.2, 0.25) is 0 Å². The van der Waals surface area contributed by atoms with Gasteiger partial charge in [-0.1, -0.05) is 0 Å². The molecule has 2 N–H and O–H groups in total. The Hall–Kier alpha value is -2.55. The number of halogens is 1. The second kappa shape index (κ2) is 6.57. The number of carbonyl (C=O) groups is 2. The van der Waals surface area contributed by atoms with Gasteiger partial charge >= 0.3 is 5.97 Å². The third-order valence-corrected chi connectivity index (χ3v) is 2.42. The predicted molar refractivity (Wildman–Crippen MR) is 63.8 cm³/mol. The van der Waals surface area contributed by atoms with Crippen LogP contribution in [0.1, 0.15) is 10.4 Å². The van der Waals surface area contributed by atoms with Crippen molar-refractivity contribution in [2.45, 2.75) is 6.10 Å². The number of hydrogen-bond acceptors (Lipinski definition) is 5. The summed E-state index contributed by atoms with van der Waals surface area (Å²) in [5, 5.41) is 21.3. The van der Waals surface area contributed by atoms with Gasteiger partial charge in [0.05, 0.1) is 23.1 Å². The summed E-state index contributed by atoms with van der Waals surface area (Å²) in [5.74, 6) is -3.24. The standard InChI is InChI=1S/C11H11FN2O6/c1-20-9(11(16)17)5-13-10(15)7-3-2-6(14(18)19)4-8(7)12/h2-4,9H,5H2,1H3,(H,13,15)(H,16,17). The number of nitro groups is 1. The van der Waals surface area contributed by atoms with Crippen LogP contribution in [0.15, 0.2) is 18.2 Å². The van der Waals surface area contributed by atoms with Crippen LogP contribution in [-0.2, 0) is 9.53 Å². The number of hydrogen-bond donors (Lipinski definition) is 2. The number of rotatable bonds is 6. The highest BCUT2D eigenvalue weighted by Gasteiger charge is 2.20. The van der Waals surface area contributed by atoms with E-state index in [2.05, 4.69) is 10.1 Å². The Labute approximate surface area is 112 Å². The first-order valence-electron chi connectivity index (χ1n) is 5.34. The zero-order valence-corrected chi connectivity index (χ0v) is 10.3. The number of nitro benzene ring substituents is 1. The number of non-ortho nitro benzene ring substituents is 1. The zero-order valence-electron chi connectivity index (χ0n) is 10.3. The lowest BCUT2D eigenvalue weighted by Crippen LogP contribution is -2.38. The maximum atomic E-state index is 13.5. The van der Waals surface area contributed by atoms with Crippen LogP contribution < -0.4 is 5.32 Å². The Kier molecular flexibility index (Phi) is 5.09. The number of carboxylic acid groups (broad SMARTS) is 1. The van der Waals surface area contributed by atoms with E-state index in [1.54, 1.807) is 0 Å². The van der Waals surface area contributed by atoms with Gasteiger partial charge in [0.2, 0.25) is 0 Å². The maximum absolute atomic E-state index is 13.5. The maximum Gasteiger partial charge on any atom is 0.334 e. The van der Waals surface area contributed by atoms with Crippen molar-refractivity contribution in [3.63, 3.8) is 0 Å². The van der Waals surface area contributed by atoms with E-state index in [-0.39, 0.29) is 6.54 Å². The van der Waals surface area contributed by atoms with E-state index in [1.165, 1.54) is 0 Å². The summed E-state index contributed by atoms with van der Waals surface area (Å²) in [6, 6.07) is 2.54. The summed E-state index contributed by atoms with van der Waals surface area (Å²) in [5.41, 5.74) is -0.907. The molecule has 1 atom stereocenters. The Morgan fingerprint density at radius 2 is 2.20 bits per heavy atom. The molecule has 20 heavy (non-hydrogen) atoms. The zero-order chi connectivity index (χ0) is 15.3. The Bertz CT molecular complexity index is 548. The second-order valence-electron chi connectivity index (χ2n) is 3.69. The smallest absolute Gasteiger partial charge is 0.334 e. The van der Waals surface area contributed by atoms with Crippen molar-refractivity contribution in [3.8, 4) is 0 Å². The van der Waals surface area contributed by atoms with Crippen molar-refractivity contribution in [2.75, 3.05) is 13.7 Å². The molecule has 0 aliphatic rings. The van der Waals surface area contributed by atoms with Gasteiger partial charge in [0.15, 0.2) is 6.10 Å². The number of nitrogens with zero attached hydrogens (tertiary/aromatic N) is 1. The second-order valence-corrected chi connectivity index (χ2v) is 3.69. The first-order chi connectivity index (χ1) is 9.36. The first kappa shape index (κ1) is 15.5. The fourth-order valence-electron chi connectivity index (χ4n) is 1.35. The van der Waals surface area contributed by atoms with Gasteiger partial charge in [-0.15, -0.1) is 0 Å². The minimum atomic E-state index is -1.28. The highest BCUT2D eigenvalue weighted by atomic mass is 19.1. The fourth-order valence-corrected chi connectivity index (χ4v) is 1.35. The van der Waals surface area contributed by atoms with Gasteiger partial charge in [-0.2, -0.15) is 0 Å². The molecule has 0 saturated heterocycles. The van der Waals surface area contributed by atoms with Crippen molar-refractivity contribution in [3.05, 3.63) is 39.7 Å². The molecular weight excluding hydrogens is 275 g/mol. The normalized spacial score (nSPS) is 11.7. The van der Waals surface area contributed by atoms with Gasteiger partial charge in [-0.3, -0.25) is 14.9 Å². The summed E-state index contributed by atoms with van der Waals surface area (Å²) < 4.78 is 18.1. The highest BCUT2D eigenvalue weighted by Crippen LogP contribution is 2.16. The van der Waals surface area contributed by atoms with Crippen molar-refractivity contribution in [2.24, 2.45) is 0 Å². The summed E-state index contributed by atoms with van der Waals surface area (Å²) >= 11 is 0. The SMILES string of the molecule is COC(CNC(=O)c1ccc([N+](=O)[O-])cc1F)C(=O)O. The van der Waals surface area contributed by atoms with Crippen LogP contribution in [0.4, 0.5) is 10.1 Å². The van der Waals surface area contributed by atoms with Gasteiger partial charge in [-0.25, -0.2) is 9.18 Å². The average Bonchev–Trinajstić information content (AvgIpc) is 2.38. The summed E-state index contributed by atoms with van der Waals surface area (Å²) in [7, 11) is 1.15. The molecule has 0 radical (unpaired) electrons. The molecular formula is C11H11FN2O6. The largest absolute Gasteiger partial charge is 0.479 e. The summed E-state index contributed by atoms with van der Waals surface area (Å²) in [4.78, 5) is 31.9. The van der Waals surface area contributed by atoms with Crippen LogP contribution in [0.5, 0.6) is 0 Å². The van der Waals surface area contributed by atoms with Gasteiger partial charge < -0.3 is 15.2 Å². The Morgan fingerprint density at radius 1 is 1.55 bits per heavy atom. The van der Waals surface area contributed by atoms with Gasteiger partial charge in [0.1, 0.15) is 5.82 Å².